The third kappa shape index (κ3) is 3.84. The summed E-state index contributed by atoms with van der Waals surface area (Å²) in [5.74, 6) is 2.98. The molecular weight excluding hydrogens is 310 g/mol. The molecule has 2 aromatic rings. The van der Waals surface area contributed by atoms with Gasteiger partial charge >= 0.3 is 0 Å². The number of aryl methyl sites for hydroxylation is 2. The molecule has 0 N–H and O–H groups in total. The number of hydrogen-bond donors (Lipinski definition) is 0. The first-order valence-corrected chi connectivity index (χ1v) is 8.31. The van der Waals surface area contributed by atoms with Crippen molar-refractivity contribution >= 4 is 5.91 Å². The second-order valence-electron chi connectivity index (χ2n) is 6.34. The van der Waals surface area contributed by atoms with E-state index < -0.39 is 0 Å². The monoisotopic (exact) mass is 333 g/mol. The predicted molar refractivity (Wildman–Crippen MR) is 85.4 cm³/mol. The van der Waals surface area contributed by atoms with E-state index in [1.54, 1.807) is 4.90 Å². The van der Waals surface area contributed by atoms with Gasteiger partial charge in [0.05, 0.1) is 13.2 Å². The fourth-order valence-electron chi connectivity index (χ4n) is 2.64. The zero-order valence-electron chi connectivity index (χ0n) is 14.3. The normalized spacial score (nSPS) is 18.3. The maximum absolute atomic E-state index is 12.4. The van der Waals surface area contributed by atoms with Gasteiger partial charge in [-0.3, -0.25) is 4.79 Å². The fourth-order valence-corrected chi connectivity index (χ4v) is 2.64. The Kier molecular flexibility index (Phi) is 4.99. The quantitative estimate of drug-likeness (QED) is 0.836. The van der Waals surface area contributed by atoms with Crippen LogP contribution in [0.4, 0.5) is 0 Å². The molecular formula is C17H23N3O4. The van der Waals surface area contributed by atoms with E-state index >= 15 is 0 Å². The molecule has 3 heterocycles. The van der Waals surface area contributed by atoms with E-state index in [1.807, 2.05) is 32.9 Å². The lowest BCUT2D eigenvalue weighted by Crippen LogP contribution is -2.42. The van der Waals surface area contributed by atoms with Gasteiger partial charge in [0.1, 0.15) is 11.5 Å². The van der Waals surface area contributed by atoms with Gasteiger partial charge in [0.15, 0.2) is 6.10 Å². The van der Waals surface area contributed by atoms with Gasteiger partial charge < -0.3 is 18.5 Å². The van der Waals surface area contributed by atoms with Crippen molar-refractivity contribution in [3.05, 3.63) is 35.4 Å². The third-order valence-corrected chi connectivity index (χ3v) is 4.03. The summed E-state index contributed by atoms with van der Waals surface area (Å²) in [6.07, 6.45) is 0.668. The standard InChI is InChI=1S/C17H23N3O4/c1-11(2)16-18-19-17(24-16)14-10-20(8-9-22-14)15(21)7-6-13-5-4-12(3)23-13/h4-5,11,14H,6-10H2,1-3H3. The molecule has 1 amide bonds. The Morgan fingerprint density at radius 3 is 2.83 bits per heavy atom. The van der Waals surface area contributed by atoms with Gasteiger partial charge in [-0.2, -0.15) is 0 Å². The number of carbonyl (C=O) groups excluding carboxylic acids is 1. The van der Waals surface area contributed by atoms with Gasteiger partial charge in [0.2, 0.25) is 17.7 Å². The van der Waals surface area contributed by atoms with Gasteiger partial charge in [-0.05, 0) is 19.1 Å². The van der Waals surface area contributed by atoms with Crippen molar-refractivity contribution in [2.24, 2.45) is 0 Å². The predicted octanol–water partition coefficient (Wildman–Crippen LogP) is 2.63. The molecule has 1 unspecified atom stereocenters. The molecule has 7 nitrogen and oxygen atoms in total. The van der Waals surface area contributed by atoms with E-state index in [-0.39, 0.29) is 17.9 Å². The van der Waals surface area contributed by atoms with Crippen LogP contribution in [0.1, 0.15) is 55.6 Å². The van der Waals surface area contributed by atoms with Crippen LogP contribution in [-0.4, -0.2) is 40.7 Å². The molecule has 0 saturated carbocycles. The van der Waals surface area contributed by atoms with Gasteiger partial charge in [-0.1, -0.05) is 13.8 Å². The highest BCUT2D eigenvalue weighted by molar-refractivity contribution is 5.76. The number of ether oxygens (including phenoxy) is 1. The van der Waals surface area contributed by atoms with Crippen LogP contribution in [0.2, 0.25) is 0 Å². The van der Waals surface area contributed by atoms with Crippen LogP contribution < -0.4 is 0 Å². The number of furan rings is 1. The first-order valence-electron chi connectivity index (χ1n) is 8.31. The molecule has 7 heteroatoms. The lowest BCUT2D eigenvalue weighted by Gasteiger charge is -2.31. The van der Waals surface area contributed by atoms with Crippen LogP contribution in [0.15, 0.2) is 21.0 Å². The Balaban J connectivity index is 1.56. The van der Waals surface area contributed by atoms with E-state index in [1.165, 1.54) is 0 Å². The summed E-state index contributed by atoms with van der Waals surface area (Å²) in [6, 6.07) is 3.82. The highest BCUT2D eigenvalue weighted by Crippen LogP contribution is 2.24. The van der Waals surface area contributed by atoms with E-state index in [4.69, 9.17) is 13.6 Å². The second kappa shape index (κ2) is 7.17. The Labute approximate surface area is 141 Å². The Morgan fingerprint density at radius 2 is 2.17 bits per heavy atom. The molecule has 2 aromatic heterocycles. The van der Waals surface area contributed by atoms with Crippen LogP contribution >= 0.6 is 0 Å². The Morgan fingerprint density at radius 1 is 1.33 bits per heavy atom. The van der Waals surface area contributed by atoms with Crippen molar-refractivity contribution < 1.29 is 18.4 Å². The topological polar surface area (TPSA) is 81.6 Å². The number of carbonyl (C=O) groups is 1. The molecule has 130 valence electrons. The average Bonchev–Trinajstić information content (AvgIpc) is 3.22. The molecule has 0 aliphatic carbocycles. The first-order chi connectivity index (χ1) is 11.5. The van der Waals surface area contributed by atoms with Gasteiger partial charge in [0.25, 0.3) is 0 Å². The second-order valence-corrected chi connectivity index (χ2v) is 6.34. The summed E-state index contributed by atoms with van der Waals surface area (Å²) >= 11 is 0. The molecule has 1 saturated heterocycles. The van der Waals surface area contributed by atoms with Gasteiger partial charge in [-0.15, -0.1) is 10.2 Å². The van der Waals surface area contributed by atoms with Crippen LogP contribution in [0.5, 0.6) is 0 Å². The molecule has 3 rings (SSSR count). The molecule has 0 aromatic carbocycles. The number of rotatable bonds is 5. The highest BCUT2D eigenvalue weighted by Gasteiger charge is 2.29. The maximum atomic E-state index is 12.4. The van der Waals surface area contributed by atoms with E-state index in [9.17, 15) is 4.79 Å². The van der Waals surface area contributed by atoms with Crippen molar-refractivity contribution in [3.63, 3.8) is 0 Å². The summed E-state index contributed by atoms with van der Waals surface area (Å²) in [5.41, 5.74) is 0. The maximum Gasteiger partial charge on any atom is 0.247 e. The number of nitrogens with zero attached hydrogens (tertiary/aromatic N) is 3. The minimum absolute atomic E-state index is 0.0842. The summed E-state index contributed by atoms with van der Waals surface area (Å²) in [7, 11) is 0. The van der Waals surface area contributed by atoms with Crippen LogP contribution in [-0.2, 0) is 16.0 Å². The lowest BCUT2D eigenvalue weighted by molar-refractivity contribution is -0.139. The molecule has 1 atom stereocenters. The minimum atomic E-state index is -0.353. The van der Waals surface area contributed by atoms with Crippen LogP contribution in [0.25, 0.3) is 0 Å². The minimum Gasteiger partial charge on any atom is -0.466 e. The van der Waals surface area contributed by atoms with E-state index in [2.05, 4.69) is 10.2 Å². The molecule has 24 heavy (non-hydrogen) atoms. The van der Waals surface area contributed by atoms with Crippen molar-refractivity contribution in [2.45, 2.75) is 45.6 Å². The third-order valence-electron chi connectivity index (χ3n) is 4.03. The van der Waals surface area contributed by atoms with Crippen molar-refractivity contribution in [1.29, 1.82) is 0 Å². The van der Waals surface area contributed by atoms with Crippen molar-refractivity contribution in [3.8, 4) is 0 Å². The van der Waals surface area contributed by atoms with Crippen molar-refractivity contribution in [2.75, 3.05) is 19.7 Å². The molecule has 1 aliphatic heterocycles. The molecule has 0 radical (unpaired) electrons. The van der Waals surface area contributed by atoms with Gasteiger partial charge in [0, 0.05) is 25.3 Å². The summed E-state index contributed by atoms with van der Waals surface area (Å²) in [4.78, 5) is 14.2. The molecule has 1 fully saturated rings. The first kappa shape index (κ1) is 16.7. The van der Waals surface area contributed by atoms with Crippen LogP contribution in [0.3, 0.4) is 0 Å². The average molecular weight is 333 g/mol. The highest BCUT2D eigenvalue weighted by atomic mass is 16.5. The largest absolute Gasteiger partial charge is 0.466 e. The summed E-state index contributed by atoms with van der Waals surface area (Å²) in [5, 5.41) is 8.08. The molecule has 1 aliphatic rings. The summed E-state index contributed by atoms with van der Waals surface area (Å²) < 4.78 is 16.8. The lowest BCUT2D eigenvalue weighted by atomic mass is 10.2. The van der Waals surface area contributed by atoms with Gasteiger partial charge in [-0.25, -0.2) is 0 Å². The van der Waals surface area contributed by atoms with Crippen LogP contribution in [0, 0.1) is 6.92 Å². The Bertz CT molecular complexity index is 692. The number of morpholine rings is 1. The van der Waals surface area contributed by atoms with E-state index in [0.717, 1.165) is 11.5 Å². The smallest absolute Gasteiger partial charge is 0.247 e. The number of aromatic nitrogens is 2. The SMILES string of the molecule is Cc1ccc(CCC(=O)N2CCOC(c3nnc(C(C)C)o3)C2)o1. The zero-order valence-corrected chi connectivity index (χ0v) is 14.3. The fraction of sp³-hybridized carbons (Fsp3) is 0.588. The van der Waals surface area contributed by atoms with Crippen molar-refractivity contribution in [1.82, 2.24) is 15.1 Å². The summed E-state index contributed by atoms with van der Waals surface area (Å²) in [6.45, 7) is 7.37. The number of hydrogen-bond acceptors (Lipinski definition) is 6. The molecule has 0 bridgehead atoms. The number of amides is 1. The molecule has 0 spiro atoms. The zero-order chi connectivity index (χ0) is 17.1. The Hall–Kier alpha value is -2.15. The van der Waals surface area contributed by atoms with E-state index in [0.29, 0.717) is 44.3 Å².